The van der Waals surface area contributed by atoms with Gasteiger partial charge in [-0.3, -0.25) is 9.69 Å². The molecule has 3 atom stereocenters. The SMILES string of the molecule is CC1CC(C)CN(C(C)(C)CNC(=O)CC2CSCCN2)C1.Cl.Cl. The van der Waals surface area contributed by atoms with Gasteiger partial charge in [0, 0.05) is 55.7 Å². The Hall–Kier alpha value is 0.320. The average Bonchev–Trinajstić information content (AvgIpc) is 2.45. The molecule has 3 unspecified atom stereocenters. The maximum absolute atomic E-state index is 12.2. The van der Waals surface area contributed by atoms with E-state index in [1.54, 1.807) is 0 Å². The van der Waals surface area contributed by atoms with Crippen molar-refractivity contribution in [2.45, 2.75) is 52.1 Å². The number of carbonyl (C=O) groups excluding carboxylic acids is 1. The fourth-order valence-electron chi connectivity index (χ4n) is 3.63. The largest absolute Gasteiger partial charge is 0.354 e. The molecule has 0 aromatic rings. The van der Waals surface area contributed by atoms with Crippen LogP contribution in [0.3, 0.4) is 0 Å². The number of nitrogens with one attached hydrogen (secondary N) is 2. The monoisotopic (exact) mass is 399 g/mol. The molecule has 2 rings (SSSR count). The van der Waals surface area contributed by atoms with Crippen LogP contribution >= 0.6 is 36.6 Å². The lowest BCUT2D eigenvalue weighted by Gasteiger charge is -2.45. The fourth-order valence-corrected chi connectivity index (χ4v) is 4.58. The molecule has 2 fully saturated rings. The van der Waals surface area contributed by atoms with Crippen LogP contribution in [0, 0.1) is 11.8 Å². The molecule has 0 aliphatic carbocycles. The molecule has 2 N–H and O–H groups in total. The van der Waals surface area contributed by atoms with Crippen LogP contribution < -0.4 is 10.6 Å². The summed E-state index contributed by atoms with van der Waals surface area (Å²) < 4.78 is 0. The van der Waals surface area contributed by atoms with E-state index in [0.29, 0.717) is 12.5 Å². The number of hydrogen-bond acceptors (Lipinski definition) is 4. The Bertz CT molecular complexity index is 369. The second-order valence-electron chi connectivity index (χ2n) is 7.87. The van der Waals surface area contributed by atoms with E-state index in [2.05, 4.69) is 43.2 Å². The summed E-state index contributed by atoms with van der Waals surface area (Å²) in [7, 11) is 0. The van der Waals surface area contributed by atoms with Crippen LogP contribution in [-0.4, -0.2) is 60.1 Å². The molecule has 0 spiro atoms. The molecule has 2 heterocycles. The zero-order chi connectivity index (χ0) is 16.2. The van der Waals surface area contributed by atoms with E-state index in [1.807, 2.05) is 11.8 Å². The smallest absolute Gasteiger partial charge is 0.221 e. The molecular formula is C17H35Cl2N3OS. The van der Waals surface area contributed by atoms with E-state index in [-0.39, 0.29) is 36.3 Å². The van der Waals surface area contributed by atoms with Crippen molar-refractivity contribution < 1.29 is 4.79 Å². The van der Waals surface area contributed by atoms with Gasteiger partial charge >= 0.3 is 0 Å². The molecule has 2 aliphatic rings. The minimum absolute atomic E-state index is 0. The predicted octanol–water partition coefficient (Wildman–Crippen LogP) is 2.80. The Kier molecular flexibility index (Phi) is 11.3. The van der Waals surface area contributed by atoms with E-state index in [4.69, 9.17) is 0 Å². The molecule has 0 saturated carbocycles. The highest BCUT2D eigenvalue weighted by Gasteiger charge is 2.33. The molecule has 0 radical (unpaired) electrons. The second kappa shape index (κ2) is 11.1. The van der Waals surface area contributed by atoms with Gasteiger partial charge in [0.25, 0.3) is 0 Å². The summed E-state index contributed by atoms with van der Waals surface area (Å²) in [6.07, 6.45) is 1.93. The fraction of sp³-hybridized carbons (Fsp3) is 0.941. The molecule has 2 aliphatic heterocycles. The first-order valence-corrected chi connectivity index (χ1v) is 9.85. The Balaban J connectivity index is 0.00000264. The summed E-state index contributed by atoms with van der Waals surface area (Å²) in [6, 6.07) is 0.344. The van der Waals surface area contributed by atoms with Crippen molar-refractivity contribution in [3.05, 3.63) is 0 Å². The summed E-state index contributed by atoms with van der Waals surface area (Å²) in [5.41, 5.74) is 0.0351. The molecule has 144 valence electrons. The van der Waals surface area contributed by atoms with Crippen LogP contribution in [0.4, 0.5) is 0 Å². The minimum Gasteiger partial charge on any atom is -0.354 e. The van der Waals surface area contributed by atoms with Gasteiger partial charge in [0.1, 0.15) is 0 Å². The van der Waals surface area contributed by atoms with Crippen molar-refractivity contribution in [3.63, 3.8) is 0 Å². The Labute approximate surface area is 164 Å². The molecule has 1 amide bonds. The predicted molar refractivity (Wildman–Crippen MR) is 110 cm³/mol. The zero-order valence-electron chi connectivity index (χ0n) is 15.5. The van der Waals surface area contributed by atoms with E-state index in [1.165, 1.54) is 6.42 Å². The van der Waals surface area contributed by atoms with Crippen LogP contribution in [0.5, 0.6) is 0 Å². The molecule has 0 aromatic carbocycles. The van der Waals surface area contributed by atoms with Crippen molar-refractivity contribution in [3.8, 4) is 0 Å². The van der Waals surface area contributed by atoms with Crippen molar-refractivity contribution in [1.82, 2.24) is 15.5 Å². The number of piperidine rings is 1. The number of carbonyl (C=O) groups is 1. The van der Waals surface area contributed by atoms with Gasteiger partial charge < -0.3 is 10.6 Å². The van der Waals surface area contributed by atoms with Gasteiger partial charge in [-0.2, -0.15) is 11.8 Å². The van der Waals surface area contributed by atoms with Crippen molar-refractivity contribution in [1.29, 1.82) is 0 Å². The Morgan fingerprint density at radius 3 is 2.42 bits per heavy atom. The highest BCUT2D eigenvalue weighted by molar-refractivity contribution is 7.99. The molecule has 4 nitrogen and oxygen atoms in total. The van der Waals surface area contributed by atoms with E-state index >= 15 is 0 Å². The van der Waals surface area contributed by atoms with Gasteiger partial charge in [0.2, 0.25) is 5.91 Å². The van der Waals surface area contributed by atoms with E-state index in [9.17, 15) is 4.79 Å². The molecule has 24 heavy (non-hydrogen) atoms. The van der Waals surface area contributed by atoms with E-state index < -0.39 is 0 Å². The van der Waals surface area contributed by atoms with Crippen LogP contribution in [0.1, 0.15) is 40.5 Å². The quantitative estimate of drug-likeness (QED) is 0.745. The lowest BCUT2D eigenvalue weighted by Crippen LogP contribution is -2.56. The van der Waals surface area contributed by atoms with Gasteiger partial charge in [-0.1, -0.05) is 13.8 Å². The number of thioether (sulfide) groups is 1. The third kappa shape index (κ3) is 7.69. The molecule has 2 saturated heterocycles. The second-order valence-corrected chi connectivity index (χ2v) is 9.02. The van der Waals surface area contributed by atoms with Crippen molar-refractivity contribution in [2.24, 2.45) is 11.8 Å². The van der Waals surface area contributed by atoms with Crippen LogP contribution in [0.2, 0.25) is 0 Å². The maximum atomic E-state index is 12.2. The zero-order valence-corrected chi connectivity index (χ0v) is 17.9. The number of halogens is 2. The van der Waals surface area contributed by atoms with E-state index in [0.717, 1.165) is 49.5 Å². The van der Waals surface area contributed by atoms with Crippen LogP contribution in [-0.2, 0) is 4.79 Å². The first-order chi connectivity index (χ1) is 10.4. The summed E-state index contributed by atoms with van der Waals surface area (Å²) in [5.74, 6) is 3.91. The first kappa shape index (κ1) is 24.3. The topological polar surface area (TPSA) is 44.4 Å². The van der Waals surface area contributed by atoms with Crippen molar-refractivity contribution >= 4 is 42.5 Å². The standard InChI is InChI=1S/C17H33N3OS.2ClH/c1-13-7-14(2)10-20(9-13)17(3,4)12-19-16(21)8-15-11-22-6-5-18-15;;/h13-15,18H,5-12H2,1-4H3,(H,19,21);2*1H. The first-order valence-electron chi connectivity index (χ1n) is 8.69. The number of rotatable bonds is 5. The molecule has 0 bridgehead atoms. The summed E-state index contributed by atoms with van der Waals surface area (Å²) in [6.45, 7) is 13.2. The lowest BCUT2D eigenvalue weighted by atomic mass is 9.88. The van der Waals surface area contributed by atoms with Gasteiger partial charge in [-0.05, 0) is 32.1 Å². The van der Waals surface area contributed by atoms with Gasteiger partial charge in [-0.25, -0.2) is 0 Å². The summed E-state index contributed by atoms with van der Waals surface area (Å²) in [4.78, 5) is 14.7. The summed E-state index contributed by atoms with van der Waals surface area (Å²) >= 11 is 1.94. The number of amides is 1. The number of hydrogen-bond donors (Lipinski definition) is 2. The maximum Gasteiger partial charge on any atom is 0.221 e. The Morgan fingerprint density at radius 1 is 1.25 bits per heavy atom. The molecule has 7 heteroatoms. The third-order valence-electron chi connectivity index (χ3n) is 4.87. The van der Waals surface area contributed by atoms with Gasteiger partial charge in [-0.15, -0.1) is 24.8 Å². The minimum atomic E-state index is 0. The van der Waals surface area contributed by atoms with Gasteiger partial charge in [0.15, 0.2) is 0 Å². The Morgan fingerprint density at radius 2 is 1.88 bits per heavy atom. The highest BCUT2D eigenvalue weighted by Crippen LogP contribution is 2.26. The van der Waals surface area contributed by atoms with Gasteiger partial charge in [0.05, 0.1) is 0 Å². The van der Waals surface area contributed by atoms with Crippen molar-refractivity contribution in [2.75, 3.05) is 37.7 Å². The molecular weight excluding hydrogens is 365 g/mol. The lowest BCUT2D eigenvalue weighted by molar-refractivity contribution is -0.122. The highest BCUT2D eigenvalue weighted by atomic mass is 35.5. The van der Waals surface area contributed by atoms with Crippen LogP contribution in [0.15, 0.2) is 0 Å². The number of nitrogens with zero attached hydrogens (tertiary/aromatic N) is 1. The normalized spacial score (nSPS) is 28.4. The number of likely N-dealkylation sites (tertiary alicyclic amines) is 1. The molecule has 0 aromatic heterocycles. The average molecular weight is 400 g/mol. The third-order valence-corrected chi connectivity index (χ3v) is 6.00. The summed E-state index contributed by atoms with van der Waals surface area (Å²) in [5, 5.41) is 6.60. The van der Waals surface area contributed by atoms with Crippen LogP contribution in [0.25, 0.3) is 0 Å².